The minimum atomic E-state index is 0.114. The molecule has 6 nitrogen and oxygen atoms in total. The van der Waals surface area contributed by atoms with Gasteiger partial charge in [0.1, 0.15) is 0 Å². The molecule has 1 aromatic carbocycles. The number of methoxy groups -OCH3 is 3. The summed E-state index contributed by atoms with van der Waals surface area (Å²) in [5.41, 5.74) is 1.06. The van der Waals surface area contributed by atoms with Gasteiger partial charge in [0.2, 0.25) is 11.7 Å². The van der Waals surface area contributed by atoms with Crippen LogP contribution in [0.25, 0.3) is 0 Å². The topological polar surface area (TPSA) is 51.2 Å². The van der Waals surface area contributed by atoms with Gasteiger partial charge in [-0.15, -0.1) is 0 Å². The zero-order valence-corrected chi connectivity index (χ0v) is 16.8. The van der Waals surface area contributed by atoms with E-state index < -0.39 is 0 Å². The van der Waals surface area contributed by atoms with Gasteiger partial charge in [-0.05, 0) is 44.7 Å². The second-order valence-electron chi connectivity index (χ2n) is 7.45. The SMILES string of the molecule is COc1ccc(CN2CCCC(C(=O)N3CCCCC3)C2)c(OC)c1OC. The molecule has 2 aliphatic heterocycles. The van der Waals surface area contributed by atoms with Gasteiger partial charge in [-0.2, -0.15) is 0 Å². The molecule has 2 fully saturated rings. The number of carbonyl (C=O) groups excluding carboxylic acids is 1. The fraction of sp³-hybridized carbons (Fsp3) is 0.667. The van der Waals surface area contributed by atoms with Crippen molar-refractivity contribution in [3.8, 4) is 17.2 Å². The van der Waals surface area contributed by atoms with Gasteiger partial charge in [0.05, 0.1) is 27.2 Å². The van der Waals surface area contributed by atoms with Crippen molar-refractivity contribution < 1.29 is 19.0 Å². The number of carbonyl (C=O) groups is 1. The number of ether oxygens (including phenoxy) is 3. The summed E-state index contributed by atoms with van der Waals surface area (Å²) in [6.45, 7) is 4.42. The van der Waals surface area contributed by atoms with Crippen LogP contribution in [-0.2, 0) is 11.3 Å². The first-order chi connectivity index (χ1) is 13.2. The van der Waals surface area contributed by atoms with Gasteiger partial charge in [-0.3, -0.25) is 9.69 Å². The lowest BCUT2D eigenvalue weighted by atomic mass is 9.95. The molecule has 1 amide bonds. The van der Waals surface area contributed by atoms with E-state index in [0.717, 1.165) is 64.0 Å². The minimum absolute atomic E-state index is 0.114. The van der Waals surface area contributed by atoms with Gasteiger partial charge in [0, 0.05) is 31.7 Å². The Morgan fingerprint density at radius 1 is 0.963 bits per heavy atom. The lowest BCUT2D eigenvalue weighted by Gasteiger charge is -2.36. The van der Waals surface area contributed by atoms with Crippen LogP contribution in [-0.4, -0.2) is 63.2 Å². The number of hydrogen-bond acceptors (Lipinski definition) is 5. The Bertz CT molecular complexity index is 643. The van der Waals surface area contributed by atoms with Crippen molar-refractivity contribution in [3.05, 3.63) is 17.7 Å². The standard InChI is InChI=1S/C21H32N2O4/c1-25-18-10-9-16(19(26-2)20(18)27-3)14-22-11-7-8-17(15-22)21(24)23-12-5-4-6-13-23/h9-10,17H,4-8,11-15H2,1-3H3. The fourth-order valence-corrected chi connectivity index (χ4v) is 4.30. The molecule has 0 aliphatic carbocycles. The molecule has 0 radical (unpaired) electrons. The molecule has 2 saturated heterocycles. The van der Waals surface area contributed by atoms with Crippen LogP contribution in [0.15, 0.2) is 12.1 Å². The molecule has 27 heavy (non-hydrogen) atoms. The summed E-state index contributed by atoms with van der Waals surface area (Å²) >= 11 is 0. The van der Waals surface area contributed by atoms with Crippen LogP contribution in [0.4, 0.5) is 0 Å². The van der Waals surface area contributed by atoms with E-state index in [1.807, 2.05) is 12.1 Å². The molecule has 0 saturated carbocycles. The number of amides is 1. The highest BCUT2D eigenvalue weighted by atomic mass is 16.5. The second-order valence-corrected chi connectivity index (χ2v) is 7.45. The summed E-state index contributed by atoms with van der Waals surface area (Å²) < 4.78 is 16.5. The zero-order chi connectivity index (χ0) is 19.2. The van der Waals surface area contributed by atoms with E-state index in [0.29, 0.717) is 23.2 Å². The quantitative estimate of drug-likeness (QED) is 0.764. The van der Waals surface area contributed by atoms with E-state index in [4.69, 9.17) is 14.2 Å². The van der Waals surface area contributed by atoms with Gasteiger partial charge in [-0.1, -0.05) is 6.07 Å². The molecule has 2 heterocycles. The molecule has 0 aromatic heterocycles. The Kier molecular flexibility index (Phi) is 6.83. The molecule has 0 bridgehead atoms. The summed E-state index contributed by atoms with van der Waals surface area (Å²) in [4.78, 5) is 17.3. The summed E-state index contributed by atoms with van der Waals surface area (Å²) in [5.74, 6) is 2.45. The minimum Gasteiger partial charge on any atom is -0.493 e. The Morgan fingerprint density at radius 2 is 1.70 bits per heavy atom. The van der Waals surface area contributed by atoms with Crippen molar-refractivity contribution in [1.82, 2.24) is 9.80 Å². The molecule has 2 aliphatic rings. The molecular weight excluding hydrogens is 344 g/mol. The average molecular weight is 376 g/mol. The van der Waals surface area contributed by atoms with Crippen molar-refractivity contribution in [2.75, 3.05) is 47.5 Å². The van der Waals surface area contributed by atoms with Crippen molar-refractivity contribution in [2.45, 2.75) is 38.6 Å². The Labute approximate surface area is 162 Å². The smallest absolute Gasteiger partial charge is 0.226 e. The first kappa shape index (κ1) is 19.8. The first-order valence-electron chi connectivity index (χ1n) is 9.97. The number of benzene rings is 1. The first-order valence-corrected chi connectivity index (χ1v) is 9.97. The van der Waals surface area contributed by atoms with Crippen LogP contribution in [0.1, 0.15) is 37.7 Å². The summed E-state index contributed by atoms with van der Waals surface area (Å²) in [5, 5.41) is 0. The van der Waals surface area contributed by atoms with Gasteiger partial charge < -0.3 is 19.1 Å². The highest BCUT2D eigenvalue weighted by molar-refractivity contribution is 5.79. The summed E-state index contributed by atoms with van der Waals surface area (Å²) in [7, 11) is 4.90. The number of likely N-dealkylation sites (tertiary alicyclic amines) is 2. The molecule has 0 spiro atoms. The summed E-state index contributed by atoms with van der Waals surface area (Å²) in [6.07, 6.45) is 5.59. The Balaban J connectivity index is 1.69. The normalized spacial score (nSPS) is 21.0. The maximum Gasteiger partial charge on any atom is 0.226 e. The van der Waals surface area contributed by atoms with E-state index in [1.54, 1.807) is 21.3 Å². The third kappa shape index (κ3) is 4.49. The van der Waals surface area contributed by atoms with Crippen LogP contribution in [0, 0.1) is 5.92 Å². The third-order valence-corrected chi connectivity index (χ3v) is 5.70. The molecule has 6 heteroatoms. The highest BCUT2D eigenvalue weighted by Crippen LogP contribution is 2.40. The number of rotatable bonds is 6. The molecule has 1 aromatic rings. The predicted molar refractivity (Wildman–Crippen MR) is 105 cm³/mol. The van der Waals surface area contributed by atoms with Crippen LogP contribution in [0.2, 0.25) is 0 Å². The lowest BCUT2D eigenvalue weighted by molar-refractivity contribution is -0.138. The molecule has 1 unspecified atom stereocenters. The van der Waals surface area contributed by atoms with Gasteiger partial charge in [0.15, 0.2) is 11.5 Å². The highest BCUT2D eigenvalue weighted by Gasteiger charge is 2.30. The average Bonchev–Trinajstić information content (AvgIpc) is 2.73. The molecular formula is C21H32N2O4. The molecule has 0 N–H and O–H groups in total. The van der Waals surface area contributed by atoms with Crippen LogP contribution in [0.5, 0.6) is 17.2 Å². The van der Waals surface area contributed by atoms with E-state index in [-0.39, 0.29) is 5.92 Å². The largest absolute Gasteiger partial charge is 0.493 e. The Morgan fingerprint density at radius 3 is 2.37 bits per heavy atom. The zero-order valence-electron chi connectivity index (χ0n) is 16.8. The van der Waals surface area contributed by atoms with Gasteiger partial charge in [0.25, 0.3) is 0 Å². The predicted octanol–water partition coefficient (Wildman–Crippen LogP) is 2.94. The summed E-state index contributed by atoms with van der Waals surface area (Å²) in [6, 6.07) is 3.94. The molecule has 3 rings (SSSR count). The number of piperidine rings is 2. The maximum atomic E-state index is 12.9. The van der Waals surface area contributed by atoms with Crippen molar-refractivity contribution in [3.63, 3.8) is 0 Å². The second kappa shape index (κ2) is 9.31. The monoisotopic (exact) mass is 376 g/mol. The van der Waals surface area contributed by atoms with Crippen molar-refractivity contribution in [2.24, 2.45) is 5.92 Å². The third-order valence-electron chi connectivity index (χ3n) is 5.70. The number of nitrogens with zero attached hydrogens (tertiary/aromatic N) is 2. The maximum absolute atomic E-state index is 12.9. The van der Waals surface area contributed by atoms with E-state index >= 15 is 0 Å². The molecule has 1 atom stereocenters. The number of hydrogen-bond donors (Lipinski definition) is 0. The van der Waals surface area contributed by atoms with Crippen molar-refractivity contribution >= 4 is 5.91 Å². The molecule has 150 valence electrons. The van der Waals surface area contributed by atoms with Crippen molar-refractivity contribution in [1.29, 1.82) is 0 Å². The van der Waals surface area contributed by atoms with Crippen LogP contribution in [0.3, 0.4) is 0 Å². The Hall–Kier alpha value is -1.95. The van der Waals surface area contributed by atoms with Crippen LogP contribution >= 0.6 is 0 Å². The van der Waals surface area contributed by atoms with Gasteiger partial charge >= 0.3 is 0 Å². The van der Waals surface area contributed by atoms with E-state index in [9.17, 15) is 4.79 Å². The fourth-order valence-electron chi connectivity index (χ4n) is 4.30. The van der Waals surface area contributed by atoms with Crippen LogP contribution < -0.4 is 14.2 Å². The lowest BCUT2D eigenvalue weighted by Crippen LogP contribution is -2.46. The van der Waals surface area contributed by atoms with E-state index in [2.05, 4.69) is 9.80 Å². The van der Waals surface area contributed by atoms with Gasteiger partial charge in [-0.25, -0.2) is 0 Å². The van der Waals surface area contributed by atoms with E-state index in [1.165, 1.54) is 6.42 Å².